The molecule has 3 saturated heterocycles. The number of hydrogen-bond donors (Lipinski definition) is 0. The summed E-state index contributed by atoms with van der Waals surface area (Å²) in [5.74, 6) is 8.05. The monoisotopic (exact) mass is 2320 g/mol. The molecule has 3 fully saturated rings. The van der Waals surface area contributed by atoms with Gasteiger partial charge in [-0.15, -0.1) is 0 Å². The average molecular weight is 2320 g/mol. The van der Waals surface area contributed by atoms with E-state index in [-0.39, 0.29) is 88.9 Å². The first-order valence-electron chi connectivity index (χ1n) is 45.2. The molecule has 3 unspecified atom stereocenters. The van der Waals surface area contributed by atoms with Crippen LogP contribution in [0.2, 0.25) is 0 Å². The van der Waals surface area contributed by atoms with E-state index in [1.807, 2.05) is 41.4 Å². The fraction of sp³-hybridized carbons (Fsp3) is 0.169. The van der Waals surface area contributed by atoms with Crippen LogP contribution in [0.25, 0.3) is 53.9 Å². The van der Waals surface area contributed by atoms with Gasteiger partial charge in [0.15, 0.2) is 0 Å². The molecule has 0 spiro atoms. The van der Waals surface area contributed by atoms with E-state index >= 15 is 0 Å². The molecule has 3 aliphatic rings. The second kappa shape index (κ2) is 45.9. The fourth-order valence-corrected chi connectivity index (χ4v) is 34.3. The molecule has 0 radical (unpaired) electrons. The molecule has 6 nitrogen and oxygen atoms in total. The molecule has 3 aliphatic heterocycles. The molecule has 0 N–H and O–H groups in total. The second-order valence-electron chi connectivity index (χ2n) is 32.3. The fourth-order valence-electron chi connectivity index (χ4n) is 17.0. The molecule has 0 bridgehead atoms. The van der Waals surface area contributed by atoms with Crippen molar-refractivity contribution in [3.05, 3.63) is 479 Å². The first-order chi connectivity index (χ1) is 65.9. The van der Waals surface area contributed by atoms with Crippen LogP contribution in [0.5, 0.6) is 17.2 Å². The Balaban J connectivity index is 0.000000120. The van der Waals surface area contributed by atoms with Crippen LogP contribution in [0.15, 0.2) is 410 Å². The van der Waals surface area contributed by atoms with Crippen LogP contribution >= 0.6 is 70.6 Å². The first kappa shape index (κ1) is 95.9. The Bertz CT molecular complexity index is 6980. The van der Waals surface area contributed by atoms with Gasteiger partial charge < -0.3 is 4.74 Å². The number of ether oxygens (including phenoxy) is 6. The zero-order valence-electron chi connectivity index (χ0n) is 75.6. The van der Waals surface area contributed by atoms with Gasteiger partial charge in [0.1, 0.15) is 5.75 Å². The van der Waals surface area contributed by atoms with Gasteiger partial charge in [0.2, 0.25) is 0 Å². The summed E-state index contributed by atoms with van der Waals surface area (Å²) in [6.07, 6.45) is 2.32. The first-order valence-corrected chi connectivity index (χ1v) is 59.6. The Morgan fingerprint density at radius 2 is 0.731 bits per heavy atom. The summed E-state index contributed by atoms with van der Waals surface area (Å²) >= 11 is 10.9. The third kappa shape index (κ3) is 22.6. The van der Waals surface area contributed by atoms with Gasteiger partial charge in [-0.1, -0.05) is 24.3 Å². The summed E-state index contributed by atoms with van der Waals surface area (Å²) in [6.45, 7) is 8.64. The van der Waals surface area contributed by atoms with Crippen LogP contribution in [-0.4, -0.2) is 69.9 Å². The summed E-state index contributed by atoms with van der Waals surface area (Å²) < 4.78 is 47.9. The van der Waals surface area contributed by atoms with Crippen molar-refractivity contribution < 1.29 is 113 Å². The predicted molar refractivity (Wildman–Crippen MR) is 553 cm³/mol. The molecule has 0 amide bonds. The summed E-state index contributed by atoms with van der Waals surface area (Å²) in [5, 5.41) is 12.4. The number of benzene rings is 18. The van der Waals surface area contributed by atoms with E-state index < -0.39 is 14.8 Å². The van der Waals surface area contributed by atoms with Crippen molar-refractivity contribution in [1.82, 2.24) is 0 Å². The van der Waals surface area contributed by atoms with Gasteiger partial charge in [-0.2, -0.15) is 0 Å². The van der Waals surface area contributed by atoms with Gasteiger partial charge in [0.25, 0.3) is 0 Å². The Hall–Kier alpha value is -8.44. The van der Waals surface area contributed by atoms with Crippen LogP contribution in [0.1, 0.15) is 76.8 Å². The minimum atomic E-state index is -0.586. The SMILES string of the molecule is CCOC(SCC)(c1ccc([I-]c2ccccc2)cc1)c1ccc2cc(OC)ccc2c1.COc1cc2ccccc2cc1C1(c2ccc3cc([I-]c4ccccc4)ccc3c2)OCCCS1.COc1ccc2cc(C3(c4ccc5cc([I-]c6ccccc6)ccc5c4)SCCCS3)ccc2c1.Cc1ccccc1[I-]c1ccc(C2(c3ccc(Sc4ccccc4)cc3)OCCS2)cc1. The Labute approximate surface area is 856 Å². The molecule has 21 rings (SSSR count). The topological polar surface area (TPSA) is 55.4 Å². The number of rotatable bonds is 25. The van der Waals surface area contributed by atoms with Crippen molar-refractivity contribution in [3.8, 4) is 17.2 Å². The Morgan fingerprint density at radius 3 is 1.27 bits per heavy atom. The van der Waals surface area contributed by atoms with E-state index in [9.17, 15) is 0 Å². The van der Waals surface area contributed by atoms with Crippen LogP contribution in [0.3, 0.4) is 0 Å². The maximum absolute atomic E-state index is 6.67. The van der Waals surface area contributed by atoms with Crippen molar-refractivity contribution >= 4 is 124 Å². The zero-order valence-corrected chi connectivity index (χ0v) is 89.1. The van der Waals surface area contributed by atoms with E-state index in [1.165, 1.54) is 155 Å². The third-order valence-corrected chi connectivity index (χ3v) is 43.3. The molecular weight excluding hydrogens is 2210 g/mol. The Kier molecular flexibility index (Phi) is 32.8. The number of halogens is 4. The van der Waals surface area contributed by atoms with Crippen molar-refractivity contribution in [3.63, 3.8) is 0 Å². The van der Waals surface area contributed by atoms with Crippen molar-refractivity contribution in [2.24, 2.45) is 0 Å². The van der Waals surface area contributed by atoms with Gasteiger partial charge >= 0.3 is 817 Å². The van der Waals surface area contributed by atoms with E-state index in [0.717, 1.165) is 59.7 Å². The third-order valence-electron chi connectivity index (χ3n) is 23.6. The van der Waals surface area contributed by atoms with Crippen molar-refractivity contribution in [2.75, 3.05) is 69.9 Å². The second-order valence-corrected chi connectivity index (χ2v) is 52.3. The Morgan fingerprint density at radius 1 is 0.321 bits per heavy atom. The van der Waals surface area contributed by atoms with Crippen molar-refractivity contribution in [2.45, 2.75) is 62.3 Å². The predicted octanol–water partition coefficient (Wildman–Crippen LogP) is 17.9. The molecule has 18 aromatic carbocycles. The molecular formula is C118H104I4O6S6-4. The zero-order chi connectivity index (χ0) is 91.5. The molecule has 18 aromatic rings. The molecule has 0 aliphatic carbocycles. The normalized spacial score (nSPS) is 16.3. The summed E-state index contributed by atoms with van der Waals surface area (Å²) in [5.41, 5.74) is 11.3. The van der Waals surface area contributed by atoms with E-state index in [1.54, 1.807) is 33.1 Å². The standard InChI is InChI=1S/C31H26IO2S.C31H26IOS2.C28H28IO2S.C28H24IOS2/c1-33-30-21-23-9-6-5-8-22(23)20-29(30)31(34-16-7-17-35-31)26-14-12-25-19-28(15-13-24(25)18-26)32-27-10-3-2-4-11-27;1-33-30-15-11-23-19-27(13-9-25(23)21-30)31(34-16-5-17-35-31)26-12-8-24-20-29(14-10-22(24)18-26)32-28-6-3-2-4-7-28;1-4-31-28(32-5-2,24-13-11-22-20-27(30-3)18-12-21(22)19-24)23-14-16-26(17-15-23)29-25-9-7-6-8-10-25;1-21-7-5-6-10-27(21)29-24-15-11-22(12-16-24)28(30-19-20-31-28)23-13-17-26(18-14-23)32-25-8-3-2-4-9-25/h2-6,8-15,18-21H,7,16-17H2,1H3;2-4,6-15,18-21H,5,16-17H2,1H3;6-20H,4-5H2,1-3H3;2-18H,19-20H2,1H3/q4*-1. The molecule has 3 heterocycles. The maximum atomic E-state index is 6.67. The van der Waals surface area contributed by atoms with Gasteiger partial charge in [-0.05, 0) is 0 Å². The van der Waals surface area contributed by atoms with E-state index in [0.29, 0.717) is 6.61 Å². The van der Waals surface area contributed by atoms with E-state index in [4.69, 9.17) is 28.4 Å². The number of hydrogen-bond acceptors (Lipinski definition) is 12. The van der Waals surface area contributed by atoms with Gasteiger partial charge in [-0.25, -0.2) is 0 Å². The molecule has 680 valence electrons. The molecule has 0 aromatic heterocycles. The summed E-state index contributed by atoms with van der Waals surface area (Å²) in [6, 6.07) is 146. The molecule has 3 atom stereocenters. The quantitative estimate of drug-likeness (QED) is 0.0405. The average Bonchev–Trinajstić information content (AvgIpc) is 0.841. The summed E-state index contributed by atoms with van der Waals surface area (Å²) in [7, 11) is 5.19. The van der Waals surface area contributed by atoms with Crippen LogP contribution in [0, 0.1) is 35.5 Å². The van der Waals surface area contributed by atoms with Gasteiger partial charge in [0, 0.05) is 0 Å². The minimum absolute atomic E-state index is 0.0732. The number of methoxy groups -OCH3 is 3. The number of aryl methyl sites for hydroxylation is 1. The van der Waals surface area contributed by atoms with Crippen LogP contribution in [0.4, 0.5) is 0 Å². The van der Waals surface area contributed by atoms with E-state index in [2.05, 4.69) is 439 Å². The summed E-state index contributed by atoms with van der Waals surface area (Å²) in [4.78, 5) is 0.985. The van der Waals surface area contributed by atoms with Gasteiger partial charge in [-0.3, -0.25) is 0 Å². The van der Waals surface area contributed by atoms with Crippen LogP contribution in [-0.2, 0) is 33.1 Å². The molecule has 134 heavy (non-hydrogen) atoms. The molecule has 16 heteroatoms. The van der Waals surface area contributed by atoms with Crippen LogP contribution < -0.4 is 99.0 Å². The number of fused-ring (bicyclic) bond motifs is 5. The van der Waals surface area contributed by atoms with Crippen molar-refractivity contribution in [1.29, 1.82) is 0 Å². The van der Waals surface area contributed by atoms with Gasteiger partial charge in [0.05, 0.1) is 14.2 Å². The molecule has 0 saturated carbocycles. The number of thioether (sulfide) groups is 5.